The van der Waals surface area contributed by atoms with Crippen LogP contribution in [0.1, 0.15) is 49.9 Å². The van der Waals surface area contributed by atoms with Crippen molar-refractivity contribution in [2.75, 3.05) is 12.3 Å². The van der Waals surface area contributed by atoms with Gasteiger partial charge in [-0.15, -0.1) is 0 Å². The van der Waals surface area contributed by atoms with Crippen LogP contribution >= 0.6 is 0 Å². The molecule has 2 N–H and O–H groups in total. The quantitative estimate of drug-likeness (QED) is 0.593. The zero-order valence-corrected chi connectivity index (χ0v) is 11.3. The Morgan fingerprint density at radius 2 is 1.94 bits per heavy atom. The summed E-state index contributed by atoms with van der Waals surface area (Å²) in [5.74, 6) is 0.215. The van der Waals surface area contributed by atoms with Gasteiger partial charge in [0, 0.05) is 5.69 Å². The molecule has 18 heavy (non-hydrogen) atoms. The maximum Gasteiger partial charge on any atom is 0.338 e. The highest BCUT2D eigenvalue weighted by Crippen LogP contribution is 2.14. The predicted octanol–water partition coefficient (Wildman–Crippen LogP) is 3.64. The molecule has 0 aliphatic carbocycles. The monoisotopic (exact) mass is 249 g/mol. The van der Waals surface area contributed by atoms with Gasteiger partial charge < -0.3 is 10.5 Å². The molecule has 0 saturated heterocycles. The maximum absolute atomic E-state index is 11.8. The second-order valence-corrected chi connectivity index (χ2v) is 4.64. The van der Waals surface area contributed by atoms with E-state index >= 15 is 0 Å². The minimum absolute atomic E-state index is 0.259. The molecule has 0 spiro atoms. The number of nitrogen functional groups attached to an aromatic ring is 1. The number of hydrogen-bond acceptors (Lipinski definition) is 3. The van der Waals surface area contributed by atoms with Gasteiger partial charge in [-0.3, -0.25) is 0 Å². The lowest BCUT2D eigenvalue weighted by atomic mass is 10.0. The summed E-state index contributed by atoms with van der Waals surface area (Å²) in [5.41, 5.74) is 6.79. The second kappa shape index (κ2) is 7.75. The van der Waals surface area contributed by atoms with Gasteiger partial charge in [0.15, 0.2) is 0 Å². The molecule has 100 valence electrons. The molecule has 0 aliphatic heterocycles. The van der Waals surface area contributed by atoms with E-state index < -0.39 is 0 Å². The van der Waals surface area contributed by atoms with Gasteiger partial charge in [0.1, 0.15) is 0 Å². The zero-order valence-electron chi connectivity index (χ0n) is 11.3. The molecule has 0 saturated carbocycles. The summed E-state index contributed by atoms with van der Waals surface area (Å²) < 4.78 is 5.34. The topological polar surface area (TPSA) is 52.3 Å². The van der Waals surface area contributed by atoms with Crippen molar-refractivity contribution in [3.63, 3.8) is 0 Å². The van der Waals surface area contributed by atoms with Gasteiger partial charge >= 0.3 is 5.97 Å². The molecule has 0 heterocycles. The van der Waals surface area contributed by atoms with Gasteiger partial charge in [-0.25, -0.2) is 4.79 Å². The van der Waals surface area contributed by atoms with Crippen molar-refractivity contribution in [2.45, 2.75) is 39.5 Å². The highest BCUT2D eigenvalue weighted by Gasteiger charge is 2.11. The SMILES string of the molecule is CCCC[C@H](CC)COC(=O)c1ccc(N)cc1. The number of carbonyl (C=O) groups is 1. The van der Waals surface area contributed by atoms with Crippen molar-refractivity contribution >= 4 is 11.7 Å². The third-order valence-electron chi connectivity index (χ3n) is 3.14. The van der Waals surface area contributed by atoms with Crippen LogP contribution in [0.15, 0.2) is 24.3 Å². The average molecular weight is 249 g/mol. The van der Waals surface area contributed by atoms with Crippen molar-refractivity contribution in [1.82, 2.24) is 0 Å². The smallest absolute Gasteiger partial charge is 0.338 e. The van der Waals surface area contributed by atoms with Gasteiger partial charge in [0.2, 0.25) is 0 Å². The van der Waals surface area contributed by atoms with Crippen LogP contribution in [0, 0.1) is 5.92 Å². The third kappa shape index (κ3) is 4.78. The van der Waals surface area contributed by atoms with Crippen molar-refractivity contribution in [2.24, 2.45) is 5.92 Å². The van der Waals surface area contributed by atoms with Crippen LogP contribution in [0.25, 0.3) is 0 Å². The summed E-state index contributed by atoms with van der Waals surface area (Å²) in [6.45, 7) is 4.82. The summed E-state index contributed by atoms with van der Waals surface area (Å²) in [5, 5.41) is 0. The number of nitrogens with two attached hydrogens (primary N) is 1. The minimum Gasteiger partial charge on any atom is -0.462 e. The van der Waals surface area contributed by atoms with E-state index in [0.717, 1.165) is 12.8 Å². The molecule has 3 heteroatoms. The van der Waals surface area contributed by atoms with Gasteiger partial charge in [-0.2, -0.15) is 0 Å². The van der Waals surface area contributed by atoms with Crippen LogP contribution in [-0.2, 0) is 4.74 Å². The highest BCUT2D eigenvalue weighted by atomic mass is 16.5. The second-order valence-electron chi connectivity index (χ2n) is 4.64. The number of benzene rings is 1. The fourth-order valence-electron chi connectivity index (χ4n) is 1.79. The number of carbonyl (C=O) groups excluding carboxylic acids is 1. The van der Waals surface area contributed by atoms with E-state index in [1.807, 2.05) is 0 Å². The van der Waals surface area contributed by atoms with E-state index in [4.69, 9.17) is 10.5 Å². The fraction of sp³-hybridized carbons (Fsp3) is 0.533. The van der Waals surface area contributed by atoms with Crippen LogP contribution in [-0.4, -0.2) is 12.6 Å². The molecule has 0 aromatic heterocycles. The molecule has 1 aromatic carbocycles. The Bertz CT molecular complexity index is 359. The summed E-state index contributed by atoms with van der Waals surface area (Å²) in [6, 6.07) is 6.82. The molecule has 0 unspecified atom stereocenters. The third-order valence-corrected chi connectivity index (χ3v) is 3.14. The number of ether oxygens (including phenoxy) is 1. The molecule has 0 radical (unpaired) electrons. The summed E-state index contributed by atoms with van der Waals surface area (Å²) >= 11 is 0. The highest BCUT2D eigenvalue weighted by molar-refractivity contribution is 5.89. The Kier molecular flexibility index (Phi) is 6.26. The Labute approximate surface area is 109 Å². The summed E-state index contributed by atoms with van der Waals surface area (Å²) in [6.07, 6.45) is 4.55. The number of rotatable bonds is 7. The lowest BCUT2D eigenvalue weighted by Gasteiger charge is -2.14. The zero-order chi connectivity index (χ0) is 13.4. The van der Waals surface area contributed by atoms with E-state index in [9.17, 15) is 4.79 Å². The lowest BCUT2D eigenvalue weighted by Crippen LogP contribution is -2.14. The Morgan fingerprint density at radius 1 is 1.28 bits per heavy atom. The van der Waals surface area contributed by atoms with Crippen LogP contribution in [0.2, 0.25) is 0 Å². The largest absolute Gasteiger partial charge is 0.462 e. The minimum atomic E-state index is -0.259. The molecule has 0 bridgehead atoms. The summed E-state index contributed by atoms with van der Waals surface area (Å²) in [4.78, 5) is 11.8. The van der Waals surface area contributed by atoms with Crippen molar-refractivity contribution in [1.29, 1.82) is 0 Å². The first-order valence-corrected chi connectivity index (χ1v) is 6.70. The van der Waals surface area contributed by atoms with Crippen LogP contribution in [0.4, 0.5) is 5.69 Å². The van der Waals surface area contributed by atoms with Crippen molar-refractivity contribution in [3.05, 3.63) is 29.8 Å². The molecule has 0 amide bonds. The lowest BCUT2D eigenvalue weighted by molar-refractivity contribution is 0.0428. The molecule has 0 fully saturated rings. The first-order chi connectivity index (χ1) is 8.67. The number of anilines is 1. The van der Waals surface area contributed by atoms with E-state index in [0.29, 0.717) is 23.8 Å². The standard InChI is InChI=1S/C15H23NO2/c1-3-5-6-12(4-2)11-18-15(17)13-7-9-14(16)10-8-13/h7-10,12H,3-6,11,16H2,1-2H3/t12-/m0/s1. The Morgan fingerprint density at radius 3 is 2.50 bits per heavy atom. The van der Waals surface area contributed by atoms with Gasteiger partial charge in [0.25, 0.3) is 0 Å². The van der Waals surface area contributed by atoms with E-state index in [-0.39, 0.29) is 5.97 Å². The van der Waals surface area contributed by atoms with E-state index in [2.05, 4.69) is 13.8 Å². The molecule has 1 aromatic rings. The molecular formula is C15H23NO2. The number of hydrogen-bond donors (Lipinski definition) is 1. The molecular weight excluding hydrogens is 226 g/mol. The molecule has 3 nitrogen and oxygen atoms in total. The van der Waals surface area contributed by atoms with Crippen molar-refractivity contribution < 1.29 is 9.53 Å². The van der Waals surface area contributed by atoms with E-state index in [1.54, 1.807) is 24.3 Å². The molecule has 0 aliphatic rings. The molecule has 1 atom stereocenters. The first-order valence-electron chi connectivity index (χ1n) is 6.70. The normalized spacial score (nSPS) is 12.1. The fourth-order valence-corrected chi connectivity index (χ4v) is 1.79. The van der Waals surface area contributed by atoms with Crippen LogP contribution in [0.3, 0.4) is 0 Å². The van der Waals surface area contributed by atoms with Crippen LogP contribution in [0.5, 0.6) is 0 Å². The Hall–Kier alpha value is -1.51. The predicted molar refractivity (Wildman–Crippen MR) is 74.4 cm³/mol. The van der Waals surface area contributed by atoms with E-state index in [1.165, 1.54) is 12.8 Å². The van der Waals surface area contributed by atoms with Gasteiger partial charge in [0.05, 0.1) is 12.2 Å². The number of unbranched alkanes of at least 4 members (excludes halogenated alkanes) is 1. The molecule has 1 rings (SSSR count). The average Bonchev–Trinajstić information content (AvgIpc) is 2.39. The maximum atomic E-state index is 11.8. The van der Waals surface area contributed by atoms with Gasteiger partial charge in [-0.05, 0) is 36.6 Å². The Balaban J connectivity index is 2.42. The van der Waals surface area contributed by atoms with Gasteiger partial charge in [-0.1, -0.05) is 33.1 Å². The van der Waals surface area contributed by atoms with Crippen molar-refractivity contribution in [3.8, 4) is 0 Å². The van der Waals surface area contributed by atoms with Crippen LogP contribution < -0.4 is 5.73 Å². The first kappa shape index (κ1) is 14.6. The summed E-state index contributed by atoms with van der Waals surface area (Å²) in [7, 11) is 0. The number of esters is 1.